The molecule has 22 heavy (non-hydrogen) atoms. The fourth-order valence-electron chi connectivity index (χ4n) is 2.87. The minimum Gasteiger partial charge on any atom is -0.299 e. The van der Waals surface area contributed by atoms with Crippen LogP contribution < -0.4 is 0 Å². The molecule has 0 saturated heterocycles. The van der Waals surface area contributed by atoms with Crippen LogP contribution in [-0.2, 0) is 0 Å². The zero-order valence-electron chi connectivity index (χ0n) is 12.4. The molecule has 2 heteroatoms. The monoisotopic (exact) mass is 284 g/mol. The Kier molecular flexibility index (Phi) is 3.01. The molecule has 106 valence electrons. The van der Waals surface area contributed by atoms with Gasteiger partial charge in [0.1, 0.15) is 5.65 Å². The van der Waals surface area contributed by atoms with E-state index in [0.717, 1.165) is 22.6 Å². The molecule has 0 amide bonds. The molecule has 0 saturated carbocycles. The van der Waals surface area contributed by atoms with Gasteiger partial charge in [-0.25, -0.2) is 4.98 Å². The summed E-state index contributed by atoms with van der Waals surface area (Å²) in [5, 5.41) is 0. The normalized spacial score (nSPS) is 11.0. The van der Waals surface area contributed by atoms with Gasteiger partial charge >= 0.3 is 0 Å². The van der Waals surface area contributed by atoms with Gasteiger partial charge in [0, 0.05) is 17.3 Å². The Labute approximate surface area is 129 Å². The summed E-state index contributed by atoms with van der Waals surface area (Å²) in [6, 6.07) is 25.0. The Morgan fingerprint density at radius 1 is 0.727 bits per heavy atom. The quantitative estimate of drug-likeness (QED) is 0.507. The summed E-state index contributed by atoms with van der Waals surface area (Å²) in [5.74, 6) is 0. The van der Waals surface area contributed by atoms with Gasteiger partial charge in [-0.05, 0) is 18.6 Å². The molecule has 4 rings (SSSR count). The smallest absolute Gasteiger partial charge is 0.140 e. The molecular weight excluding hydrogens is 268 g/mol. The van der Waals surface area contributed by atoms with Gasteiger partial charge in [-0.1, -0.05) is 66.7 Å². The molecule has 0 aliphatic rings. The summed E-state index contributed by atoms with van der Waals surface area (Å²) < 4.78 is 2.19. The molecule has 2 aromatic carbocycles. The number of nitrogens with zero attached hydrogens (tertiary/aromatic N) is 2. The lowest BCUT2D eigenvalue weighted by atomic mass is 10.1. The summed E-state index contributed by atoms with van der Waals surface area (Å²) in [7, 11) is 0. The summed E-state index contributed by atoms with van der Waals surface area (Å²) in [6.45, 7) is 2.10. The topological polar surface area (TPSA) is 17.3 Å². The lowest BCUT2D eigenvalue weighted by Crippen LogP contribution is -1.90. The number of pyridine rings is 1. The van der Waals surface area contributed by atoms with Crippen molar-refractivity contribution in [1.82, 2.24) is 9.38 Å². The Hall–Kier alpha value is -2.87. The van der Waals surface area contributed by atoms with Gasteiger partial charge in [0.25, 0.3) is 0 Å². The third-order valence-corrected chi connectivity index (χ3v) is 3.94. The van der Waals surface area contributed by atoms with Crippen molar-refractivity contribution in [3.05, 3.63) is 84.6 Å². The van der Waals surface area contributed by atoms with Crippen LogP contribution in [0.3, 0.4) is 0 Å². The molecule has 0 N–H and O–H groups in total. The van der Waals surface area contributed by atoms with Gasteiger partial charge in [0.05, 0.1) is 11.4 Å². The van der Waals surface area contributed by atoms with Gasteiger partial charge in [-0.2, -0.15) is 0 Å². The van der Waals surface area contributed by atoms with Crippen LogP contribution in [-0.4, -0.2) is 9.38 Å². The number of imidazole rings is 1. The number of hydrogen-bond acceptors (Lipinski definition) is 1. The second-order valence-electron chi connectivity index (χ2n) is 5.43. The fraction of sp³-hybridized carbons (Fsp3) is 0.0500. The molecule has 0 aliphatic heterocycles. The predicted octanol–water partition coefficient (Wildman–Crippen LogP) is 4.98. The van der Waals surface area contributed by atoms with Crippen molar-refractivity contribution < 1.29 is 0 Å². The van der Waals surface area contributed by atoms with E-state index in [2.05, 4.69) is 78.2 Å². The van der Waals surface area contributed by atoms with Gasteiger partial charge in [0.2, 0.25) is 0 Å². The zero-order valence-corrected chi connectivity index (χ0v) is 12.4. The highest BCUT2D eigenvalue weighted by molar-refractivity contribution is 5.82. The fourth-order valence-corrected chi connectivity index (χ4v) is 2.87. The molecular formula is C20H16N2. The minimum atomic E-state index is 1.01. The van der Waals surface area contributed by atoms with Gasteiger partial charge in [0.15, 0.2) is 0 Å². The first-order chi connectivity index (χ1) is 10.8. The number of aryl methyl sites for hydroxylation is 1. The van der Waals surface area contributed by atoms with Crippen LogP contribution in [0, 0.1) is 6.92 Å². The zero-order chi connectivity index (χ0) is 14.9. The third-order valence-electron chi connectivity index (χ3n) is 3.94. The Bertz CT molecular complexity index is 922. The highest BCUT2D eigenvalue weighted by atomic mass is 15.0. The number of aromatic nitrogens is 2. The van der Waals surface area contributed by atoms with Crippen molar-refractivity contribution in [2.45, 2.75) is 6.92 Å². The molecule has 4 aromatic rings. The van der Waals surface area contributed by atoms with Gasteiger partial charge in [-0.15, -0.1) is 0 Å². The average Bonchev–Trinajstić information content (AvgIpc) is 2.97. The van der Waals surface area contributed by atoms with E-state index in [1.54, 1.807) is 0 Å². The Balaban J connectivity index is 2.10. The summed E-state index contributed by atoms with van der Waals surface area (Å²) in [5.41, 5.74) is 6.69. The van der Waals surface area contributed by atoms with Crippen molar-refractivity contribution in [3.8, 4) is 22.5 Å². The highest BCUT2D eigenvalue weighted by Gasteiger charge is 2.16. The summed E-state index contributed by atoms with van der Waals surface area (Å²) in [6.07, 6.45) is 2.09. The first-order valence-corrected chi connectivity index (χ1v) is 7.43. The maximum atomic E-state index is 4.92. The maximum Gasteiger partial charge on any atom is 0.140 e. The molecule has 2 aromatic heterocycles. The van der Waals surface area contributed by atoms with E-state index in [1.165, 1.54) is 11.1 Å². The van der Waals surface area contributed by atoms with Crippen molar-refractivity contribution in [2.75, 3.05) is 0 Å². The number of fused-ring (bicyclic) bond motifs is 1. The lowest BCUT2D eigenvalue weighted by molar-refractivity contribution is 1.17. The molecule has 0 radical (unpaired) electrons. The number of hydrogen-bond donors (Lipinski definition) is 0. The van der Waals surface area contributed by atoms with Crippen molar-refractivity contribution in [2.24, 2.45) is 0 Å². The van der Waals surface area contributed by atoms with Gasteiger partial charge in [-0.3, -0.25) is 4.40 Å². The first kappa shape index (κ1) is 12.8. The molecule has 2 heterocycles. The molecule has 0 aliphatic carbocycles. The minimum absolute atomic E-state index is 1.01. The van der Waals surface area contributed by atoms with Crippen LogP contribution >= 0.6 is 0 Å². The molecule has 0 fully saturated rings. The van der Waals surface area contributed by atoms with E-state index in [0.29, 0.717) is 0 Å². The third kappa shape index (κ3) is 2.01. The molecule has 0 atom stereocenters. The average molecular weight is 284 g/mol. The Morgan fingerprint density at radius 2 is 1.36 bits per heavy atom. The second kappa shape index (κ2) is 5.15. The Morgan fingerprint density at radius 3 is 2.05 bits per heavy atom. The second-order valence-corrected chi connectivity index (χ2v) is 5.43. The van der Waals surface area contributed by atoms with Crippen LogP contribution in [0.2, 0.25) is 0 Å². The standard InChI is InChI=1S/C20H16N2/c1-15-9-8-14-22-19(17-12-6-3-7-13-17)18(21-20(15)22)16-10-4-2-5-11-16/h2-14H,1H3. The van der Waals surface area contributed by atoms with Crippen molar-refractivity contribution in [3.63, 3.8) is 0 Å². The van der Waals surface area contributed by atoms with E-state index < -0.39 is 0 Å². The van der Waals surface area contributed by atoms with Gasteiger partial charge < -0.3 is 0 Å². The maximum absolute atomic E-state index is 4.92. The lowest BCUT2D eigenvalue weighted by Gasteiger charge is -2.06. The van der Waals surface area contributed by atoms with E-state index in [-0.39, 0.29) is 0 Å². The number of benzene rings is 2. The summed E-state index contributed by atoms with van der Waals surface area (Å²) >= 11 is 0. The molecule has 2 nitrogen and oxygen atoms in total. The molecule has 0 unspecified atom stereocenters. The van der Waals surface area contributed by atoms with E-state index in [4.69, 9.17) is 4.98 Å². The SMILES string of the molecule is Cc1cccn2c(-c3ccccc3)c(-c3ccccc3)nc12. The van der Waals surface area contributed by atoms with Crippen LogP contribution in [0.15, 0.2) is 79.0 Å². The number of rotatable bonds is 2. The van der Waals surface area contributed by atoms with Crippen molar-refractivity contribution in [1.29, 1.82) is 0 Å². The van der Waals surface area contributed by atoms with E-state index >= 15 is 0 Å². The molecule has 0 bridgehead atoms. The van der Waals surface area contributed by atoms with Crippen LogP contribution in [0.1, 0.15) is 5.56 Å². The highest BCUT2D eigenvalue weighted by Crippen LogP contribution is 2.33. The molecule has 0 spiro atoms. The predicted molar refractivity (Wildman–Crippen MR) is 90.8 cm³/mol. The first-order valence-electron chi connectivity index (χ1n) is 7.43. The van der Waals surface area contributed by atoms with Crippen LogP contribution in [0.5, 0.6) is 0 Å². The largest absolute Gasteiger partial charge is 0.299 e. The van der Waals surface area contributed by atoms with Crippen LogP contribution in [0.4, 0.5) is 0 Å². The van der Waals surface area contributed by atoms with Crippen molar-refractivity contribution >= 4 is 5.65 Å². The van der Waals surface area contributed by atoms with E-state index in [1.807, 2.05) is 12.1 Å². The van der Waals surface area contributed by atoms with E-state index in [9.17, 15) is 0 Å². The van der Waals surface area contributed by atoms with Crippen LogP contribution in [0.25, 0.3) is 28.2 Å². The summed E-state index contributed by atoms with van der Waals surface area (Å²) in [4.78, 5) is 4.92.